The number of nitrogens with one attached hydrogen (secondary N) is 1. The molecule has 24 heavy (non-hydrogen) atoms. The van der Waals surface area contributed by atoms with Gasteiger partial charge in [-0.05, 0) is 45.0 Å². The van der Waals surface area contributed by atoms with Crippen LogP contribution in [-0.4, -0.2) is 17.6 Å². The molecule has 0 fully saturated rings. The van der Waals surface area contributed by atoms with Crippen LogP contribution >= 0.6 is 0 Å². The molecule has 0 aliphatic carbocycles. The highest BCUT2D eigenvalue weighted by Gasteiger charge is 2.28. The summed E-state index contributed by atoms with van der Waals surface area (Å²) in [5, 5.41) is 14.4. The molecule has 0 radical (unpaired) electrons. The predicted octanol–water partition coefficient (Wildman–Crippen LogP) is 3.69. The van der Waals surface area contributed by atoms with Crippen LogP contribution in [0.4, 0.5) is 0 Å². The summed E-state index contributed by atoms with van der Waals surface area (Å²) < 4.78 is 5.71. The summed E-state index contributed by atoms with van der Waals surface area (Å²) in [7, 11) is 0. The van der Waals surface area contributed by atoms with Gasteiger partial charge in [0.15, 0.2) is 0 Å². The number of hydrogen-bond acceptors (Lipinski definition) is 3. The largest absolute Gasteiger partial charge is 0.458 e. The lowest BCUT2D eigenvalue weighted by atomic mass is 10.0. The number of carbonyl (C=O) groups excluding carboxylic acids is 1. The Labute approximate surface area is 141 Å². The second-order valence-electron chi connectivity index (χ2n) is 6.48. The summed E-state index contributed by atoms with van der Waals surface area (Å²) in [6.45, 7) is 5.60. The number of carbonyl (C=O) groups is 1. The Morgan fingerprint density at radius 2 is 1.79 bits per heavy atom. The van der Waals surface area contributed by atoms with Crippen LogP contribution in [-0.2, 0) is 5.60 Å². The van der Waals surface area contributed by atoms with E-state index in [-0.39, 0.29) is 12.5 Å². The summed E-state index contributed by atoms with van der Waals surface area (Å²) in [5.41, 5.74) is 2.09. The minimum absolute atomic E-state index is 0.0681. The van der Waals surface area contributed by atoms with Crippen LogP contribution in [0.3, 0.4) is 0 Å². The molecule has 3 aromatic rings. The highest BCUT2D eigenvalue weighted by molar-refractivity contribution is 5.94. The second-order valence-corrected chi connectivity index (χ2v) is 6.48. The van der Waals surface area contributed by atoms with Gasteiger partial charge < -0.3 is 14.8 Å². The summed E-state index contributed by atoms with van der Waals surface area (Å²) >= 11 is 0. The molecule has 2 aromatic carbocycles. The Morgan fingerprint density at radius 3 is 2.46 bits per heavy atom. The van der Waals surface area contributed by atoms with Crippen LogP contribution in [0, 0.1) is 13.8 Å². The quantitative estimate of drug-likeness (QED) is 0.770. The van der Waals surface area contributed by atoms with Crippen molar-refractivity contribution in [3.63, 3.8) is 0 Å². The van der Waals surface area contributed by atoms with Gasteiger partial charge in [0.2, 0.25) is 0 Å². The van der Waals surface area contributed by atoms with Gasteiger partial charge >= 0.3 is 0 Å². The summed E-state index contributed by atoms with van der Waals surface area (Å²) in [6, 6.07) is 15.1. The van der Waals surface area contributed by atoms with Gasteiger partial charge in [0.1, 0.15) is 16.9 Å². The first-order chi connectivity index (χ1) is 11.3. The second kappa shape index (κ2) is 6.13. The molecule has 4 nitrogen and oxygen atoms in total. The maximum absolute atomic E-state index is 12.3. The van der Waals surface area contributed by atoms with Crippen molar-refractivity contribution < 1.29 is 14.3 Å². The fraction of sp³-hybridized carbons (Fsp3) is 0.250. The van der Waals surface area contributed by atoms with Crippen molar-refractivity contribution in [3.8, 4) is 0 Å². The highest BCUT2D eigenvalue weighted by Crippen LogP contribution is 2.27. The van der Waals surface area contributed by atoms with Gasteiger partial charge in [0.05, 0.1) is 6.54 Å². The standard InChI is InChI=1S/C20H21NO3/c1-13-8-14(2)10-16(9-13)19(22)21-12-20(3,23)18-11-15-6-4-5-7-17(15)24-18/h4-11,23H,12H2,1-3H3,(H,21,22). The number of aliphatic hydroxyl groups is 1. The monoisotopic (exact) mass is 323 g/mol. The number of para-hydroxylation sites is 1. The third kappa shape index (κ3) is 3.34. The van der Waals surface area contributed by atoms with E-state index in [9.17, 15) is 9.90 Å². The molecule has 3 rings (SSSR count). The van der Waals surface area contributed by atoms with Crippen LogP contribution in [0.15, 0.2) is 52.9 Å². The van der Waals surface area contributed by atoms with Crippen molar-refractivity contribution >= 4 is 16.9 Å². The summed E-state index contributed by atoms with van der Waals surface area (Å²) in [4.78, 5) is 12.3. The number of rotatable bonds is 4. The number of fused-ring (bicyclic) bond motifs is 1. The van der Waals surface area contributed by atoms with E-state index in [0.717, 1.165) is 16.5 Å². The van der Waals surface area contributed by atoms with Gasteiger partial charge in [-0.1, -0.05) is 35.4 Å². The number of amides is 1. The molecule has 0 spiro atoms. The SMILES string of the molecule is Cc1cc(C)cc(C(=O)NCC(C)(O)c2cc3ccccc3o2)c1. The van der Waals surface area contributed by atoms with Crippen molar-refractivity contribution in [1.82, 2.24) is 5.32 Å². The van der Waals surface area contributed by atoms with Crippen molar-refractivity contribution in [2.75, 3.05) is 6.54 Å². The summed E-state index contributed by atoms with van der Waals surface area (Å²) in [5.74, 6) is 0.225. The molecule has 0 aliphatic rings. The molecule has 2 N–H and O–H groups in total. The van der Waals surface area contributed by atoms with Crippen LogP contribution in [0.25, 0.3) is 11.0 Å². The molecular weight excluding hydrogens is 302 g/mol. The molecule has 0 saturated carbocycles. The molecule has 4 heteroatoms. The molecule has 0 aliphatic heterocycles. The van der Waals surface area contributed by atoms with Gasteiger partial charge in [-0.25, -0.2) is 0 Å². The van der Waals surface area contributed by atoms with Gasteiger partial charge in [0, 0.05) is 10.9 Å². The smallest absolute Gasteiger partial charge is 0.251 e. The lowest BCUT2D eigenvalue weighted by molar-refractivity contribution is 0.0344. The van der Waals surface area contributed by atoms with E-state index in [0.29, 0.717) is 16.9 Å². The minimum Gasteiger partial charge on any atom is -0.458 e. The first kappa shape index (κ1) is 16.3. The van der Waals surface area contributed by atoms with Gasteiger partial charge in [-0.2, -0.15) is 0 Å². The fourth-order valence-corrected chi connectivity index (χ4v) is 2.79. The highest BCUT2D eigenvalue weighted by atomic mass is 16.4. The predicted molar refractivity (Wildman–Crippen MR) is 94.0 cm³/mol. The van der Waals surface area contributed by atoms with Crippen LogP contribution < -0.4 is 5.32 Å². The Kier molecular flexibility index (Phi) is 4.16. The molecular formula is C20H21NO3. The Hall–Kier alpha value is -2.59. The molecule has 124 valence electrons. The van der Waals surface area contributed by atoms with Gasteiger partial charge in [-0.3, -0.25) is 4.79 Å². The molecule has 1 aromatic heterocycles. The minimum atomic E-state index is -1.28. The van der Waals surface area contributed by atoms with Crippen molar-refractivity contribution in [2.24, 2.45) is 0 Å². The Balaban J connectivity index is 1.75. The fourth-order valence-electron chi connectivity index (χ4n) is 2.79. The van der Waals surface area contributed by atoms with Crippen molar-refractivity contribution in [1.29, 1.82) is 0 Å². The molecule has 1 heterocycles. The van der Waals surface area contributed by atoms with E-state index < -0.39 is 5.60 Å². The topological polar surface area (TPSA) is 62.5 Å². The Morgan fingerprint density at radius 1 is 1.12 bits per heavy atom. The van der Waals surface area contributed by atoms with Crippen molar-refractivity contribution in [3.05, 3.63) is 71.0 Å². The Bertz CT molecular complexity index is 840. The zero-order valence-corrected chi connectivity index (χ0v) is 14.1. The van der Waals surface area contributed by atoms with E-state index >= 15 is 0 Å². The van der Waals surface area contributed by atoms with Gasteiger partial charge in [-0.15, -0.1) is 0 Å². The average Bonchev–Trinajstić information content (AvgIpc) is 2.96. The van der Waals surface area contributed by atoms with Crippen LogP contribution in [0.2, 0.25) is 0 Å². The van der Waals surface area contributed by atoms with E-state index in [4.69, 9.17) is 4.42 Å². The number of furan rings is 1. The van der Waals surface area contributed by atoms with E-state index in [1.165, 1.54) is 0 Å². The third-order valence-electron chi connectivity index (χ3n) is 4.03. The number of hydrogen-bond donors (Lipinski definition) is 2. The first-order valence-corrected chi connectivity index (χ1v) is 7.93. The van der Waals surface area contributed by atoms with E-state index in [2.05, 4.69) is 5.32 Å². The molecule has 1 atom stereocenters. The maximum Gasteiger partial charge on any atom is 0.251 e. The zero-order chi connectivity index (χ0) is 17.3. The van der Waals surface area contributed by atoms with E-state index in [1.54, 1.807) is 13.0 Å². The van der Waals surface area contributed by atoms with Crippen LogP contribution in [0.5, 0.6) is 0 Å². The first-order valence-electron chi connectivity index (χ1n) is 7.93. The lowest BCUT2D eigenvalue weighted by Gasteiger charge is -2.21. The molecule has 1 amide bonds. The zero-order valence-electron chi connectivity index (χ0n) is 14.1. The van der Waals surface area contributed by atoms with Gasteiger partial charge in [0.25, 0.3) is 5.91 Å². The molecule has 0 bridgehead atoms. The molecule has 1 unspecified atom stereocenters. The average molecular weight is 323 g/mol. The number of aryl methyl sites for hydroxylation is 2. The number of benzene rings is 2. The van der Waals surface area contributed by atoms with Crippen molar-refractivity contribution in [2.45, 2.75) is 26.4 Å². The summed E-state index contributed by atoms with van der Waals surface area (Å²) in [6.07, 6.45) is 0. The van der Waals surface area contributed by atoms with Crippen LogP contribution in [0.1, 0.15) is 34.2 Å². The maximum atomic E-state index is 12.3. The molecule has 0 saturated heterocycles. The normalized spacial score (nSPS) is 13.7. The lowest BCUT2D eigenvalue weighted by Crippen LogP contribution is -2.38. The van der Waals surface area contributed by atoms with E-state index in [1.807, 2.05) is 56.3 Å². The third-order valence-corrected chi connectivity index (χ3v) is 4.03.